The summed E-state index contributed by atoms with van der Waals surface area (Å²) >= 11 is 0. The minimum absolute atomic E-state index is 0.0999. The van der Waals surface area contributed by atoms with E-state index in [1.165, 1.54) is 38.2 Å². The number of carbonyl (C=O) groups excluding carboxylic acids is 2. The maximum Gasteiger partial charge on any atom is 0.346 e. The molecular formula is C28H27FN10O4. The zero-order chi connectivity index (χ0) is 30.1. The second-order valence-electron chi connectivity index (χ2n) is 10.0. The van der Waals surface area contributed by atoms with Gasteiger partial charge in [-0.1, -0.05) is 24.3 Å². The molecule has 4 heterocycles. The van der Waals surface area contributed by atoms with Crippen LogP contribution in [0.3, 0.4) is 0 Å². The first kappa shape index (κ1) is 27.7. The van der Waals surface area contributed by atoms with Gasteiger partial charge in [0.2, 0.25) is 0 Å². The number of aliphatic hydroxyl groups is 1. The molecule has 4 N–H and O–H groups in total. The van der Waals surface area contributed by atoms with Crippen LogP contribution in [0.15, 0.2) is 61.4 Å². The number of halogens is 1. The molecule has 43 heavy (non-hydrogen) atoms. The van der Waals surface area contributed by atoms with Crippen LogP contribution in [-0.4, -0.2) is 82.3 Å². The lowest BCUT2D eigenvalue weighted by Crippen LogP contribution is -2.41. The number of fused-ring (bicyclic) bond motifs is 1. The fourth-order valence-electron chi connectivity index (χ4n) is 5.21. The fraction of sp³-hybridized carbons (Fsp3) is 0.250. The first-order valence-corrected chi connectivity index (χ1v) is 13.3. The zero-order valence-electron chi connectivity index (χ0n) is 23.0. The molecule has 1 saturated heterocycles. The second kappa shape index (κ2) is 11.4. The SMILES string of the molecule is COc1ccc(F)cc1C(=O)NCc1ccc(-c2nn(C[C@@H]3C[C@H](O)CN3C(=O)n3cncn3)c3ncnc(N)c23)cc1. The molecule has 5 aromatic rings. The van der Waals surface area contributed by atoms with Crippen LogP contribution < -0.4 is 15.8 Å². The Morgan fingerprint density at radius 3 is 2.72 bits per heavy atom. The molecule has 1 aliphatic rings. The van der Waals surface area contributed by atoms with Crippen molar-refractivity contribution >= 4 is 28.8 Å². The first-order valence-electron chi connectivity index (χ1n) is 13.3. The van der Waals surface area contributed by atoms with E-state index in [9.17, 15) is 19.1 Å². The molecule has 2 aromatic carbocycles. The normalized spacial score (nSPS) is 16.5. The van der Waals surface area contributed by atoms with E-state index in [4.69, 9.17) is 15.6 Å². The smallest absolute Gasteiger partial charge is 0.346 e. The third kappa shape index (κ3) is 5.44. The molecule has 14 nitrogen and oxygen atoms in total. The number of benzene rings is 2. The predicted molar refractivity (Wildman–Crippen MR) is 151 cm³/mol. The second-order valence-corrected chi connectivity index (χ2v) is 10.0. The summed E-state index contributed by atoms with van der Waals surface area (Å²) in [6.07, 6.45) is 3.58. The van der Waals surface area contributed by atoms with Crippen molar-refractivity contribution in [2.75, 3.05) is 19.4 Å². The van der Waals surface area contributed by atoms with E-state index in [0.717, 1.165) is 21.9 Å². The van der Waals surface area contributed by atoms with Gasteiger partial charge < -0.3 is 25.8 Å². The molecule has 1 aliphatic heterocycles. The van der Waals surface area contributed by atoms with Gasteiger partial charge in [-0.05, 0) is 30.2 Å². The van der Waals surface area contributed by atoms with E-state index in [1.807, 2.05) is 24.3 Å². The number of hydrogen-bond donors (Lipinski definition) is 3. The lowest BCUT2D eigenvalue weighted by atomic mass is 10.1. The summed E-state index contributed by atoms with van der Waals surface area (Å²) in [4.78, 5) is 39.6. The van der Waals surface area contributed by atoms with E-state index in [1.54, 1.807) is 9.58 Å². The lowest BCUT2D eigenvalue weighted by Gasteiger charge is -2.23. The monoisotopic (exact) mass is 586 g/mol. The maximum atomic E-state index is 13.7. The molecule has 0 spiro atoms. The van der Waals surface area contributed by atoms with Crippen LogP contribution in [-0.2, 0) is 13.1 Å². The third-order valence-electron chi connectivity index (χ3n) is 7.28. The summed E-state index contributed by atoms with van der Waals surface area (Å²) in [7, 11) is 1.41. The van der Waals surface area contributed by atoms with Gasteiger partial charge in [0, 0.05) is 18.7 Å². The number of nitrogens with one attached hydrogen (secondary N) is 1. The molecule has 0 radical (unpaired) electrons. The van der Waals surface area contributed by atoms with Crippen LogP contribution in [0.5, 0.6) is 5.75 Å². The van der Waals surface area contributed by atoms with Gasteiger partial charge in [-0.3, -0.25) is 4.79 Å². The van der Waals surface area contributed by atoms with Gasteiger partial charge in [-0.15, -0.1) is 0 Å². The highest BCUT2D eigenvalue weighted by Crippen LogP contribution is 2.31. The number of aromatic nitrogens is 7. The number of nitrogens with zero attached hydrogens (tertiary/aromatic N) is 8. The molecule has 0 aliphatic carbocycles. The van der Waals surface area contributed by atoms with Crippen LogP contribution >= 0.6 is 0 Å². The van der Waals surface area contributed by atoms with Crippen molar-refractivity contribution in [3.8, 4) is 17.0 Å². The number of amides is 2. The van der Waals surface area contributed by atoms with Crippen LogP contribution in [0.4, 0.5) is 15.0 Å². The van der Waals surface area contributed by atoms with Crippen molar-refractivity contribution in [1.82, 2.24) is 44.7 Å². The summed E-state index contributed by atoms with van der Waals surface area (Å²) in [5, 5.41) is 22.4. The van der Waals surface area contributed by atoms with Crippen molar-refractivity contribution in [2.45, 2.75) is 31.7 Å². The van der Waals surface area contributed by atoms with Crippen molar-refractivity contribution in [3.05, 3.63) is 78.4 Å². The average molecular weight is 587 g/mol. The highest BCUT2D eigenvalue weighted by Gasteiger charge is 2.36. The Hall–Kier alpha value is -5.44. The zero-order valence-corrected chi connectivity index (χ0v) is 23.0. The Morgan fingerprint density at radius 1 is 1.16 bits per heavy atom. The maximum absolute atomic E-state index is 13.7. The Kier molecular flexibility index (Phi) is 7.38. The van der Waals surface area contributed by atoms with Crippen molar-refractivity contribution in [3.63, 3.8) is 0 Å². The standard InChI is InChI=1S/C28H27FN10O4/c1-43-22-7-6-18(29)8-21(22)27(41)32-10-16-2-4-17(5-3-16)24-23-25(30)33-14-34-26(23)38(36-24)11-19-9-20(40)12-37(19)28(42)39-15-31-13-35-39/h2-8,13-15,19-20,40H,9-12H2,1H3,(H,32,41)(H2,30,33,34)/t19-,20-/m0/s1. The first-order chi connectivity index (χ1) is 20.8. The number of likely N-dealkylation sites (tertiary alicyclic amines) is 1. The Bertz CT molecular complexity index is 1790. The third-order valence-corrected chi connectivity index (χ3v) is 7.28. The van der Waals surface area contributed by atoms with E-state index in [0.29, 0.717) is 23.1 Å². The minimum Gasteiger partial charge on any atom is -0.496 e. The average Bonchev–Trinajstić information content (AvgIpc) is 3.76. The van der Waals surface area contributed by atoms with Gasteiger partial charge in [0.05, 0.1) is 36.8 Å². The largest absolute Gasteiger partial charge is 0.496 e. The molecule has 0 bridgehead atoms. The Morgan fingerprint density at radius 2 is 1.98 bits per heavy atom. The van der Waals surface area contributed by atoms with Crippen molar-refractivity contribution in [1.29, 1.82) is 0 Å². The van der Waals surface area contributed by atoms with E-state index in [2.05, 4.69) is 25.4 Å². The number of rotatable bonds is 7. The van der Waals surface area contributed by atoms with Gasteiger partial charge in [0.15, 0.2) is 5.65 Å². The van der Waals surface area contributed by atoms with Gasteiger partial charge in [0.25, 0.3) is 5.91 Å². The molecule has 0 unspecified atom stereocenters. The molecule has 220 valence electrons. The molecule has 15 heteroatoms. The highest BCUT2D eigenvalue weighted by molar-refractivity contribution is 5.98. The van der Waals surface area contributed by atoms with E-state index in [-0.39, 0.29) is 42.8 Å². The molecule has 0 saturated carbocycles. The number of nitrogens with two attached hydrogens (primary N) is 1. The predicted octanol–water partition coefficient (Wildman–Crippen LogP) is 1.85. The van der Waals surface area contributed by atoms with E-state index < -0.39 is 23.9 Å². The van der Waals surface area contributed by atoms with Crippen LogP contribution in [0, 0.1) is 5.82 Å². The number of hydrogen-bond acceptors (Lipinski definition) is 10. The van der Waals surface area contributed by atoms with Crippen LogP contribution in [0.25, 0.3) is 22.3 Å². The van der Waals surface area contributed by atoms with Crippen LogP contribution in [0.1, 0.15) is 22.3 Å². The lowest BCUT2D eigenvalue weighted by molar-refractivity contribution is 0.0947. The fourth-order valence-corrected chi connectivity index (χ4v) is 5.21. The number of anilines is 1. The highest BCUT2D eigenvalue weighted by atomic mass is 19.1. The van der Waals surface area contributed by atoms with Gasteiger partial charge in [-0.2, -0.15) is 14.9 Å². The van der Waals surface area contributed by atoms with Crippen molar-refractivity contribution in [2.24, 2.45) is 0 Å². The number of methoxy groups -OCH3 is 1. The molecule has 2 amide bonds. The van der Waals surface area contributed by atoms with Gasteiger partial charge >= 0.3 is 6.03 Å². The summed E-state index contributed by atoms with van der Waals surface area (Å²) in [6.45, 7) is 0.591. The number of carbonyl (C=O) groups is 2. The Balaban J connectivity index is 1.23. The summed E-state index contributed by atoms with van der Waals surface area (Å²) in [5.74, 6) is -0.490. The molecule has 3 aromatic heterocycles. The van der Waals surface area contributed by atoms with Gasteiger partial charge in [-0.25, -0.2) is 28.8 Å². The number of nitrogen functional groups attached to an aromatic ring is 1. The minimum atomic E-state index is -0.700. The molecular weight excluding hydrogens is 559 g/mol. The number of aliphatic hydroxyl groups excluding tert-OH is 1. The molecule has 2 atom stereocenters. The topological polar surface area (TPSA) is 179 Å². The summed E-state index contributed by atoms with van der Waals surface area (Å²) < 4.78 is 21.7. The summed E-state index contributed by atoms with van der Waals surface area (Å²) in [5.41, 5.74) is 8.92. The van der Waals surface area contributed by atoms with Crippen LogP contribution in [0.2, 0.25) is 0 Å². The molecule has 1 fully saturated rings. The number of ether oxygens (including phenoxy) is 1. The summed E-state index contributed by atoms with van der Waals surface area (Å²) in [6, 6.07) is 10.3. The van der Waals surface area contributed by atoms with Crippen molar-refractivity contribution < 1.29 is 23.8 Å². The quantitative estimate of drug-likeness (QED) is 0.255. The number of β-amino-alcohol motifs (C(OH)–C–C–N with tert-alkyl or cyclic N) is 1. The molecule has 6 rings (SSSR count). The van der Waals surface area contributed by atoms with E-state index >= 15 is 0 Å². The Labute approximate surface area is 243 Å². The van der Waals surface area contributed by atoms with Gasteiger partial charge in [0.1, 0.15) is 42.1 Å².